The molecule has 3 aromatic rings. The first-order chi connectivity index (χ1) is 17.4. The van der Waals surface area contributed by atoms with Crippen molar-refractivity contribution in [2.45, 2.75) is 64.9 Å². The molecule has 0 spiro atoms. The van der Waals surface area contributed by atoms with Gasteiger partial charge in [0.15, 0.2) is 0 Å². The van der Waals surface area contributed by atoms with Crippen molar-refractivity contribution in [2.24, 2.45) is 0 Å². The van der Waals surface area contributed by atoms with E-state index in [0.717, 1.165) is 23.3 Å². The van der Waals surface area contributed by atoms with Crippen LogP contribution in [0.1, 0.15) is 48.1 Å². The van der Waals surface area contributed by atoms with E-state index in [1.54, 1.807) is 16.7 Å². The lowest BCUT2D eigenvalue weighted by Gasteiger charge is -2.32. The molecular formula is C31H38N2O2S. The average molecular weight is 503 g/mol. The second kappa shape index (κ2) is 13.9. The van der Waals surface area contributed by atoms with Gasteiger partial charge in [-0.25, -0.2) is 0 Å². The molecule has 0 aliphatic rings. The molecule has 0 saturated carbocycles. The van der Waals surface area contributed by atoms with Gasteiger partial charge in [-0.15, -0.1) is 11.8 Å². The van der Waals surface area contributed by atoms with Crippen LogP contribution in [0.15, 0.2) is 78.9 Å². The van der Waals surface area contributed by atoms with Crippen LogP contribution < -0.4 is 5.32 Å². The zero-order chi connectivity index (χ0) is 25.9. The van der Waals surface area contributed by atoms with Gasteiger partial charge in [-0.05, 0) is 43.9 Å². The lowest BCUT2D eigenvalue weighted by molar-refractivity contribution is -0.139. The summed E-state index contributed by atoms with van der Waals surface area (Å²) in [5.41, 5.74) is 5.64. The molecule has 36 heavy (non-hydrogen) atoms. The third-order valence-electron chi connectivity index (χ3n) is 6.36. The Morgan fingerprint density at radius 3 is 2.00 bits per heavy atom. The van der Waals surface area contributed by atoms with Crippen molar-refractivity contribution in [1.82, 2.24) is 10.2 Å². The van der Waals surface area contributed by atoms with Crippen LogP contribution in [-0.2, 0) is 28.3 Å². The van der Waals surface area contributed by atoms with Crippen LogP contribution in [0.3, 0.4) is 0 Å². The number of thioether (sulfide) groups is 1. The third-order valence-corrected chi connectivity index (χ3v) is 7.35. The zero-order valence-electron chi connectivity index (χ0n) is 21.9. The molecule has 0 aliphatic carbocycles. The van der Waals surface area contributed by atoms with Crippen molar-refractivity contribution >= 4 is 23.6 Å². The normalized spacial score (nSPS) is 12.6. The number of carbonyl (C=O) groups is 2. The molecule has 190 valence electrons. The fourth-order valence-electron chi connectivity index (χ4n) is 3.91. The molecule has 0 aliphatic heterocycles. The van der Waals surface area contributed by atoms with E-state index >= 15 is 0 Å². The fraction of sp³-hybridized carbons (Fsp3) is 0.355. The topological polar surface area (TPSA) is 49.4 Å². The van der Waals surface area contributed by atoms with Gasteiger partial charge in [0.1, 0.15) is 6.04 Å². The Kier molecular flexibility index (Phi) is 10.6. The van der Waals surface area contributed by atoms with Gasteiger partial charge >= 0.3 is 0 Å². The quantitative estimate of drug-likeness (QED) is 0.326. The largest absolute Gasteiger partial charge is 0.352 e. The van der Waals surface area contributed by atoms with Crippen LogP contribution >= 0.6 is 11.8 Å². The van der Waals surface area contributed by atoms with Crippen LogP contribution in [0.4, 0.5) is 0 Å². The number of hydrogen-bond acceptors (Lipinski definition) is 3. The van der Waals surface area contributed by atoms with E-state index < -0.39 is 6.04 Å². The van der Waals surface area contributed by atoms with Crippen molar-refractivity contribution in [3.05, 3.63) is 107 Å². The Bertz CT molecular complexity index is 1100. The standard InChI is InChI=1S/C31H38N2O2S/c1-5-25(4)32-31(35)29(19-26-9-7-6-8-10-26)33(20-27-15-11-23(2)12-16-27)30(34)22-36-21-28-17-13-24(3)14-18-28/h6-18,25,29H,5,19-22H2,1-4H3,(H,32,35)/t25-,29+/m1/s1. The van der Waals surface area contributed by atoms with Gasteiger partial charge in [-0.2, -0.15) is 0 Å². The molecule has 2 atom stereocenters. The molecule has 3 rings (SSSR count). The molecule has 3 aromatic carbocycles. The predicted octanol–water partition coefficient (Wildman–Crippen LogP) is 6.09. The minimum atomic E-state index is -0.588. The molecule has 0 aromatic heterocycles. The highest BCUT2D eigenvalue weighted by Crippen LogP contribution is 2.19. The number of rotatable bonds is 12. The Morgan fingerprint density at radius 2 is 1.42 bits per heavy atom. The molecule has 5 heteroatoms. The maximum Gasteiger partial charge on any atom is 0.243 e. The van der Waals surface area contributed by atoms with Gasteiger partial charge in [-0.1, -0.05) is 96.9 Å². The van der Waals surface area contributed by atoms with Crippen molar-refractivity contribution < 1.29 is 9.59 Å². The molecule has 0 fully saturated rings. The molecule has 1 N–H and O–H groups in total. The number of amides is 2. The van der Waals surface area contributed by atoms with Crippen molar-refractivity contribution in [3.8, 4) is 0 Å². The first kappa shape index (κ1) is 27.5. The maximum atomic E-state index is 13.7. The number of carbonyl (C=O) groups excluding carboxylic acids is 2. The Balaban J connectivity index is 1.84. The van der Waals surface area contributed by atoms with Crippen LogP contribution in [0.2, 0.25) is 0 Å². The van der Waals surface area contributed by atoms with Crippen molar-refractivity contribution in [1.29, 1.82) is 0 Å². The molecule has 0 saturated heterocycles. The van der Waals surface area contributed by atoms with Gasteiger partial charge in [-0.3, -0.25) is 9.59 Å². The van der Waals surface area contributed by atoms with Crippen molar-refractivity contribution in [3.63, 3.8) is 0 Å². The first-order valence-corrected chi connectivity index (χ1v) is 13.8. The predicted molar refractivity (Wildman–Crippen MR) is 151 cm³/mol. The van der Waals surface area contributed by atoms with E-state index in [1.807, 2.05) is 63.2 Å². The number of nitrogens with zero attached hydrogens (tertiary/aromatic N) is 1. The third kappa shape index (κ3) is 8.56. The van der Waals surface area contributed by atoms with E-state index in [4.69, 9.17) is 0 Å². The van der Waals surface area contributed by atoms with Crippen LogP contribution in [-0.4, -0.2) is 34.6 Å². The summed E-state index contributed by atoms with van der Waals surface area (Å²) < 4.78 is 0. The Hall–Kier alpha value is -3.05. The van der Waals surface area contributed by atoms with Gasteiger partial charge < -0.3 is 10.2 Å². The fourth-order valence-corrected chi connectivity index (χ4v) is 4.78. The molecular weight excluding hydrogens is 464 g/mol. The summed E-state index contributed by atoms with van der Waals surface area (Å²) in [6.45, 7) is 8.57. The van der Waals surface area contributed by atoms with Gasteiger partial charge in [0.2, 0.25) is 11.8 Å². The molecule has 0 unspecified atom stereocenters. The van der Waals surface area contributed by atoms with E-state index in [9.17, 15) is 9.59 Å². The summed E-state index contributed by atoms with van der Waals surface area (Å²) in [4.78, 5) is 29.0. The molecule has 4 nitrogen and oxygen atoms in total. The molecule has 0 radical (unpaired) electrons. The molecule has 0 bridgehead atoms. The zero-order valence-corrected chi connectivity index (χ0v) is 22.7. The smallest absolute Gasteiger partial charge is 0.243 e. The number of nitrogens with one attached hydrogen (secondary N) is 1. The van der Waals surface area contributed by atoms with E-state index in [1.165, 1.54) is 16.7 Å². The van der Waals surface area contributed by atoms with E-state index in [0.29, 0.717) is 18.7 Å². The minimum Gasteiger partial charge on any atom is -0.352 e. The maximum absolute atomic E-state index is 13.7. The van der Waals surface area contributed by atoms with Crippen molar-refractivity contribution in [2.75, 3.05) is 5.75 Å². The summed E-state index contributed by atoms with van der Waals surface area (Å²) >= 11 is 1.59. The first-order valence-electron chi connectivity index (χ1n) is 12.7. The minimum absolute atomic E-state index is 0.0204. The average Bonchev–Trinajstić information content (AvgIpc) is 2.88. The van der Waals surface area contributed by atoms with Gasteiger partial charge in [0, 0.05) is 24.8 Å². The molecule has 0 heterocycles. The van der Waals surface area contributed by atoms with Crippen LogP contribution in [0, 0.1) is 13.8 Å². The van der Waals surface area contributed by atoms with Crippen LogP contribution in [0.5, 0.6) is 0 Å². The Labute approximate surface area is 220 Å². The summed E-state index contributed by atoms with van der Waals surface area (Å²) in [6.07, 6.45) is 1.31. The lowest BCUT2D eigenvalue weighted by Crippen LogP contribution is -2.52. The highest BCUT2D eigenvalue weighted by Gasteiger charge is 2.30. The summed E-state index contributed by atoms with van der Waals surface area (Å²) in [5, 5.41) is 3.13. The van der Waals surface area contributed by atoms with Crippen LogP contribution in [0.25, 0.3) is 0 Å². The second-order valence-electron chi connectivity index (χ2n) is 9.51. The van der Waals surface area contributed by atoms with Gasteiger partial charge in [0.25, 0.3) is 0 Å². The number of aryl methyl sites for hydroxylation is 2. The van der Waals surface area contributed by atoms with E-state index in [-0.39, 0.29) is 17.9 Å². The number of hydrogen-bond donors (Lipinski definition) is 1. The number of benzene rings is 3. The monoisotopic (exact) mass is 502 g/mol. The highest BCUT2D eigenvalue weighted by molar-refractivity contribution is 7.99. The SMILES string of the molecule is CC[C@@H](C)NC(=O)[C@H](Cc1ccccc1)N(Cc1ccc(C)cc1)C(=O)CSCc1ccc(C)cc1. The second-order valence-corrected chi connectivity index (χ2v) is 10.5. The summed E-state index contributed by atoms with van der Waals surface area (Å²) in [7, 11) is 0. The van der Waals surface area contributed by atoms with E-state index in [2.05, 4.69) is 48.6 Å². The summed E-state index contributed by atoms with van der Waals surface area (Å²) in [5.74, 6) is 0.958. The Morgan fingerprint density at radius 1 is 0.833 bits per heavy atom. The highest BCUT2D eigenvalue weighted by atomic mass is 32.2. The lowest BCUT2D eigenvalue weighted by atomic mass is 10.0. The van der Waals surface area contributed by atoms with Gasteiger partial charge in [0.05, 0.1) is 5.75 Å². The molecule has 2 amide bonds. The summed E-state index contributed by atoms with van der Waals surface area (Å²) in [6, 6.07) is 26.0.